The van der Waals surface area contributed by atoms with Crippen molar-refractivity contribution in [2.75, 3.05) is 13.2 Å². The molecule has 0 fully saturated rings. The molecular weight excluding hydrogens is 452 g/mol. The van der Waals surface area contributed by atoms with Crippen LogP contribution in [0.2, 0.25) is 0 Å². The fourth-order valence-electron chi connectivity index (χ4n) is 4.58. The second-order valence-electron chi connectivity index (χ2n) is 9.94. The molecule has 0 saturated heterocycles. The first-order chi connectivity index (χ1) is 17.4. The maximum absolute atomic E-state index is 12.6. The van der Waals surface area contributed by atoms with E-state index in [2.05, 4.69) is 41.9 Å². The highest BCUT2D eigenvalue weighted by Crippen LogP contribution is 2.35. The Morgan fingerprint density at radius 2 is 1.44 bits per heavy atom. The van der Waals surface area contributed by atoms with E-state index >= 15 is 0 Å². The van der Waals surface area contributed by atoms with E-state index in [4.69, 9.17) is 4.74 Å². The van der Waals surface area contributed by atoms with Crippen molar-refractivity contribution in [3.05, 3.63) is 70.1 Å². The van der Waals surface area contributed by atoms with Crippen LogP contribution >= 0.6 is 0 Å². The molecule has 0 aromatic heterocycles. The van der Waals surface area contributed by atoms with Gasteiger partial charge in [-0.3, -0.25) is 9.59 Å². The van der Waals surface area contributed by atoms with Gasteiger partial charge in [-0.1, -0.05) is 50.1 Å². The van der Waals surface area contributed by atoms with Crippen LogP contribution in [0.4, 0.5) is 0 Å². The average Bonchev–Trinajstić information content (AvgIpc) is 2.90. The molecule has 3 aliphatic rings. The first-order valence-corrected chi connectivity index (χ1v) is 13.5. The minimum atomic E-state index is -0.653. The Morgan fingerprint density at radius 3 is 1.94 bits per heavy atom. The molecule has 0 saturated carbocycles. The lowest BCUT2D eigenvalue weighted by molar-refractivity contribution is -0.127. The van der Waals surface area contributed by atoms with Crippen molar-refractivity contribution in [3.8, 4) is 0 Å². The fourth-order valence-corrected chi connectivity index (χ4v) is 4.58. The van der Waals surface area contributed by atoms with Crippen LogP contribution in [0, 0.1) is 0 Å². The van der Waals surface area contributed by atoms with E-state index in [9.17, 15) is 14.7 Å². The minimum Gasteiger partial charge on any atom is -0.498 e. The molecule has 2 amide bonds. The van der Waals surface area contributed by atoms with Crippen LogP contribution in [0.5, 0.6) is 0 Å². The van der Waals surface area contributed by atoms with Crippen LogP contribution in [0.3, 0.4) is 0 Å². The average molecular weight is 495 g/mol. The van der Waals surface area contributed by atoms with E-state index in [1.54, 1.807) is 13.8 Å². The van der Waals surface area contributed by atoms with Gasteiger partial charge < -0.3 is 20.5 Å². The van der Waals surface area contributed by atoms with Crippen LogP contribution in [0.25, 0.3) is 0 Å². The highest BCUT2D eigenvalue weighted by Gasteiger charge is 2.21. The van der Waals surface area contributed by atoms with Gasteiger partial charge in [-0.05, 0) is 80.7 Å². The van der Waals surface area contributed by atoms with E-state index in [-0.39, 0.29) is 18.4 Å². The summed E-state index contributed by atoms with van der Waals surface area (Å²) in [6, 6.07) is -0.653. The molecule has 6 nitrogen and oxygen atoms in total. The molecule has 0 aromatic rings. The number of ether oxygens (including phenoxy) is 1. The Hall–Kier alpha value is -2.86. The normalized spacial score (nSPS) is 19.4. The van der Waals surface area contributed by atoms with Crippen molar-refractivity contribution in [1.82, 2.24) is 10.6 Å². The maximum atomic E-state index is 12.6. The van der Waals surface area contributed by atoms with Crippen molar-refractivity contribution in [3.63, 3.8) is 0 Å². The number of hydrogen-bond acceptors (Lipinski definition) is 4. The molecule has 36 heavy (non-hydrogen) atoms. The third-order valence-corrected chi connectivity index (χ3v) is 6.87. The quantitative estimate of drug-likeness (QED) is 0.330. The molecule has 6 heteroatoms. The van der Waals surface area contributed by atoms with E-state index in [1.807, 2.05) is 12.2 Å². The van der Waals surface area contributed by atoms with Crippen LogP contribution in [0.15, 0.2) is 70.1 Å². The monoisotopic (exact) mass is 494 g/mol. The molecule has 0 heterocycles. The smallest absolute Gasteiger partial charge is 0.247 e. The number of rotatable bonds is 12. The highest BCUT2D eigenvalue weighted by molar-refractivity contribution is 5.97. The molecule has 2 atom stereocenters. The number of carbonyl (C=O) groups is 2. The minimum absolute atomic E-state index is 0.168. The van der Waals surface area contributed by atoms with Gasteiger partial charge in [-0.15, -0.1) is 0 Å². The molecule has 0 radical (unpaired) electrons. The van der Waals surface area contributed by atoms with Crippen molar-refractivity contribution in [2.24, 2.45) is 0 Å². The third-order valence-electron chi connectivity index (χ3n) is 6.87. The van der Waals surface area contributed by atoms with Crippen molar-refractivity contribution >= 4 is 11.8 Å². The summed E-state index contributed by atoms with van der Waals surface area (Å²) in [4.78, 5) is 24.6. The van der Waals surface area contributed by atoms with Gasteiger partial charge in [0, 0.05) is 18.5 Å². The Balaban J connectivity index is 1.53. The highest BCUT2D eigenvalue weighted by atomic mass is 16.5. The molecular formula is C30H42N2O4. The van der Waals surface area contributed by atoms with Gasteiger partial charge in [0.15, 0.2) is 0 Å². The summed E-state index contributed by atoms with van der Waals surface area (Å²) in [5.74, 6) is 0.596. The topological polar surface area (TPSA) is 87.7 Å². The molecule has 3 aliphatic carbocycles. The Labute approximate surface area is 215 Å². The molecule has 0 bridgehead atoms. The van der Waals surface area contributed by atoms with Crippen LogP contribution in [-0.2, 0) is 14.3 Å². The molecule has 0 aliphatic heterocycles. The SMILES string of the molecule is CCCCCOC1=CC=C(C2=CC=C(C3=CC=C(C(=O)N[C@@H](C)C(=O)NCC(C)O)CC3)CC2)CC1. The lowest BCUT2D eigenvalue weighted by Gasteiger charge is -2.23. The van der Waals surface area contributed by atoms with E-state index in [1.165, 1.54) is 35.1 Å². The van der Waals surface area contributed by atoms with Gasteiger partial charge >= 0.3 is 0 Å². The molecule has 3 rings (SSSR count). The van der Waals surface area contributed by atoms with Gasteiger partial charge in [-0.2, -0.15) is 0 Å². The van der Waals surface area contributed by atoms with Crippen LogP contribution in [0.1, 0.15) is 78.6 Å². The Kier molecular flexibility index (Phi) is 10.8. The van der Waals surface area contributed by atoms with Gasteiger partial charge in [0.1, 0.15) is 6.04 Å². The lowest BCUT2D eigenvalue weighted by Crippen LogP contribution is -2.46. The van der Waals surface area contributed by atoms with E-state index < -0.39 is 12.1 Å². The Morgan fingerprint density at radius 1 is 0.861 bits per heavy atom. The zero-order valence-corrected chi connectivity index (χ0v) is 22.1. The summed E-state index contributed by atoms with van der Waals surface area (Å²) in [5.41, 5.74) is 6.13. The summed E-state index contributed by atoms with van der Waals surface area (Å²) in [6.45, 7) is 6.45. The number of nitrogens with one attached hydrogen (secondary N) is 2. The van der Waals surface area contributed by atoms with Gasteiger partial charge in [0.05, 0.1) is 18.5 Å². The van der Waals surface area contributed by atoms with Crippen molar-refractivity contribution < 1.29 is 19.4 Å². The maximum Gasteiger partial charge on any atom is 0.247 e. The molecule has 0 aromatic carbocycles. The molecule has 0 spiro atoms. The first kappa shape index (κ1) is 27.7. The predicted molar refractivity (Wildman–Crippen MR) is 144 cm³/mol. The van der Waals surface area contributed by atoms with E-state index in [0.29, 0.717) is 12.0 Å². The van der Waals surface area contributed by atoms with Crippen LogP contribution < -0.4 is 10.6 Å². The third kappa shape index (κ3) is 8.37. The number of amides is 2. The lowest BCUT2D eigenvalue weighted by atomic mass is 9.84. The first-order valence-electron chi connectivity index (χ1n) is 13.5. The number of carbonyl (C=O) groups excluding carboxylic acids is 2. The second-order valence-corrected chi connectivity index (χ2v) is 9.94. The summed E-state index contributed by atoms with van der Waals surface area (Å²) in [7, 11) is 0. The largest absolute Gasteiger partial charge is 0.498 e. The predicted octanol–water partition coefficient (Wildman–Crippen LogP) is 5.09. The van der Waals surface area contributed by atoms with Gasteiger partial charge in [0.2, 0.25) is 11.8 Å². The number of aliphatic hydroxyl groups excluding tert-OH is 1. The summed E-state index contributed by atoms with van der Waals surface area (Å²) in [5, 5.41) is 14.7. The standard InChI is InChI=1S/C30H42N2O4/c1-4-5-6-19-36-28-17-15-26(16-18-28)24-9-7-23(8-10-24)25-11-13-27(14-12-25)30(35)32-22(3)29(34)31-20-21(2)33/h7,9,11,13,15,17,21-22,33H,4-6,8,10,12,14,16,18-20H2,1-3H3,(H,31,34)(H,32,35)/t21?,22-/m0/s1. The molecule has 1 unspecified atom stereocenters. The Bertz CT molecular complexity index is 994. The second kappa shape index (κ2) is 14.0. The summed E-state index contributed by atoms with van der Waals surface area (Å²) < 4.78 is 5.91. The number of unbranched alkanes of at least 4 members (excludes halogenated alkanes) is 2. The zero-order valence-electron chi connectivity index (χ0n) is 22.1. The fraction of sp³-hybridized carbons (Fsp3) is 0.533. The van der Waals surface area contributed by atoms with Crippen molar-refractivity contribution in [2.45, 2.75) is 90.7 Å². The molecule has 3 N–H and O–H groups in total. The number of hydrogen-bond donors (Lipinski definition) is 3. The van der Waals surface area contributed by atoms with Crippen LogP contribution in [-0.4, -0.2) is 42.2 Å². The van der Waals surface area contributed by atoms with E-state index in [0.717, 1.165) is 50.9 Å². The molecule has 196 valence electrons. The summed E-state index contributed by atoms with van der Waals surface area (Å²) in [6.07, 6.45) is 21.3. The van der Waals surface area contributed by atoms with Gasteiger partial charge in [0.25, 0.3) is 0 Å². The number of aliphatic hydroxyl groups is 1. The number of allylic oxidation sites excluding steroid dienone is 11. The van der Waals surface area contributed by atoms with Crippen molar-refractivity contribution in [1.29, 1.82) is 0 Å². The summed E-state index contributed by atoms with van der Waals surface area (Å²) >= 11 is 0. The zero-order chi connectivity index (χ0) is 25.9. The van der Waals surface area contributed by atoms with Gasteiger partial charge in [-0.25, -0.2) is 0 Å².